The minimum atomic E-state index is -4.43. The molecule has 7 nitrogen and oxygen atoms in total. The minimum absolute atomic E-state index is 0.0522. The van der Waals surface area contributed by atoms with Crippen LogP contribution < -0.4 is 4.74 Å². The molecule has 12 heteroatoms. The summed E-state index contributed by atoms with van der Waals surface area (Å²) in [5, 5.41) is 9.80. The molecule has 4 rings (SSSR count). The second-order valence-electron chi connectivity index (χ2n) is 8.90. The Balaban J connectivity index is 1.54. The van der Waals surface area contributed by atoms with Gasteiger partial charge < -0.3 is 9.84 Å². The second kappa shape index (κ2) is 9.16. The van der Waals surface area contributed by atoms with E-state index in [9.17, 15) is 31.5 Å². The van der Waals surface area contributed by atoms with E-state index in [-0.39, 0.29) is 23.7 Å². The SMILES string of the molecule is Cc1cc(S(=O)(=O)N2CCc3nc(-c4ccc(C(F)(F)F)cc4)sc3C2)ccc1OC(C)(C)C(=O)O. The summed E-state index contributed by atoms with van der Waals surface area (Å²) in [5.74, 6) is -0.881. The number of rotatable bonds is 6. The van der Waals surface area contributed by atoms with Crippen molar-refractivity contribution in [3.05, 3.63) is 64.2 Å². The third-order valence-corrected chi connectivity index (χ3v) is 8.79. The molecule has 3 aromatic rings. The molecule has 1 aliphatic heterocycles. The van der Waals surface area contributed by atoms with E-state index in [0.29, 0.717) is 22.6 Å². The minimum Gasteiger partial charge on any atom is -0.478 e. The summed E-state index contributed by atoms with van der Waals surface area (Å²) in [4.78, 5) is 16.7. The molecule has 2 heterocycles. The lowest BCUT2D eigenvalue weighted by Crippen LogP contribution is -2.38. The maximum absolute atomic E-state index is 13.3. The maximum atomic E-state index is 13.3. The highest BCUT2D eigenvalue weighted by Gasteiger charge is 2.33. The number of hydrogen-bond donors (Lipinski definition) is 1. The van der Waals surface area contributed by atoms with Crippen LogP contribution in [0.1, 0.15) is 35.5 Å². The Hall–Kier alpha value is -2.96. The number of carboxylic acid groups (broad SMARTS) is 1. The van der Waals surface area contributed by atoms with Crippen molar-refractivity contribution in [3.8, 4) is 16.3 Å². The number of hydrogen-bond acceptors (Lipinski definition) is 6. The van der Waals surface area contributed by atoms with E-state index in [2.05, 4.69) is 4.98 Å². The van der Waals surface area contributed by atoms with Gasteiger partial charge in [0.25, 0.3) is 0 Å². The molecule has 0 fully saturated rings. The van der Waals surface area contributed by atoms with Gasteiger partial charge in [-0.25, -0.2) is 18.2 Å². The average Bonchev–Trinajstić information content (AvgIpc) is 3.23. The number of alkyl halides is 3. The van der Waals surface area contributed by atoms with Gasteiger partial charge in [-0.2, -0.15) is 17.5 Å². The van der Waals surface area contributed by atoms with Gasteiger partial charge in [-0.3, -0.25) is 0 Å². The zero-order valence-electron chi connectivity index (χ0n) is 19.6. The number of carboxylic acids is 1. The van der Waals surface area contributed by atoms with Crippen LogP contribution in [0.2, 0.25) is 0 Å². The Bertz CT molecular complexity index is 1410. The third-order valence-electron chi connectivity index (χ3n) is 5.82. The number of benzene rings is 2. The molecule has 0 spiro atoms. The molecule has 0 aliphatic carbocycles. The summed E-state index contributed by atoms with van der Waals surface area (Å²) in [5.41, 5.74) is -0.483. The highest BCUT2D eigenvalue weighted by Crippen LogP contribution is 2.36. The van der Waals surface area contributed by atoms with Gasteiger partial charge in [0.1, 0.15) is 10.8 Å². The number of aromatic nitrogens is 1. The molecule has 0 saturated carbocycles. The Kier molecular flexibility index (Phi) is 6.65. The fourth-order valence-corrected chi connectivity index (χ4v) is 6.37. The van der Waals surface area contributed by atoms with Crippen molar-refractivity contribution in [2.24, 2.45) is 0 Å². The molecular formula is C24H23F3N2O5S2. The first-order chi connectivity index (χ1) is 16.7. The largest absolute Gasteiger partial charge is 0.478 e. The monoisotopic (exact) mass is 540 g/mol. The predicted molar refractivity (Wildman–Crippen MR) is 127 cm³/mol. The van der Waals surface area contributed by atoms with E-state index >= 15 is 0 Å². The lowest BCUT2D eigenvalue weighted by molar-refractivity contribution is -0.152. The summed E-state index contributed by atoms with van der Waals surface area (Å²) in [6.45, 7) is 4.74. The summed E-state index contributed by atoms with van der Waals surface area (Å²) in [6, 6.07) is 8.99. The normalized spacial score (nSPS) is 14.9. The first-order valence-electron chi connectivity index (χ1n) is 10.9. The average molecular weight is 541 g/mol. The first-order valence-corrected chi connectivity index (χ1v) is 13.1. The van der Waals surface area contributed by atoms with Gasteiger partial charge in [0, 0.05) is 23.4 Å². The predicted octanol–water partition coefficient (Wildman–Crippen LogP) is 5.13. The van der Waals surface area contributed by atoms with Gasteiger partial charge in [0.15, 0.2) is 5.60 Å². The van der Waals surface area contributed by atoms with Crippen molar-refractivity contribution in [3.63, 3.8) is 0 Å². The molecular weight excluding hydrogens is 517 g/mol. The summed E-state index contributed by atoms with van der Waals surface area (Å²) in [7, 11) is -3.87. The fraction of sp³-hybridized carbons (Fsp3) is 0.333. The standard InChI is InChI=1S/C24H23F3N2O5S2/c1-14-12-17(8-9-19(14)34-23(2,3)22(30)31)36(32,33)29-11-10-18-20(13-29)35-21(28-18)15-4-6-16(7-5-15)24(25,26)27/h4-9,12H,10-11,13H2,1-3H3,(H,30,31). The van der Waals surface area contributed by atoms with Gasteiger partial charge >= 0.3 is 12.1 Å². The van der Waals surface area contributed by atoms with Crippen molar-refractivity contribution >= 4 is 27.3 Å². The molecule has 2 aromatic carbocycles. The van der Waals surface area contributed by atoms with Crippen LogP contribution in [0.3, 0.4) is 0 Å². The Morgan fingerprint density at radius 2 is 1.81 bits per heavy atom. The number of ether oxygens (including phenoxy) is 1. The van der Waals surface area contributed by atoms with Crippen LogP contribution in [-0.2, 0) is 34.0 Å². The van der Waals surface area contributed by atoms with Crippen molar-refractivity contribution < 1.29 is 36.2 Å². The molecule has 0 amide bonds. The first kappa shape index (κ1) is 26.1. The van der Waals surface area contributed by atoms with Crippen LogP contribution in [0.25, 0.3) is 10.6 Å². The fourth-order valence-electron chi connectivity index (χ4n) is 3.67. The van der Waals surface area contributed by atoms with Crippen molar-refractivity contribution in [1.29, 1.82) is 0 Å². The second-order valence-corrected chi connectivity index (χ2v) is 11.9. The van der Waals surface area contributed by atoms with E-state index in [1.54, 1.807) is 6.92 Å². The molecule has 192 valence electrons. The van der Waals surface area contributed by atoms with E-state index in [1.807, 2.05) is 0 Å². The van der Waals surface area contributed by atoms with Gasteiger partial charge in [-0.05, 0) is 56.7 Å². The summed E-state index contributed by atoms with van der Waals surface area (Å²) in [6.07, 6.45) is -4.05. The highest BCUT2D eigenvalue weighted by molar-refractivity contribution is 7.89. The van der Waals surface area contributed by atoms with E-state index in [1.165, 1.54) is 59.8 Å². The molecule has 0 unspecified atom stereocenters. The molecule has 0 bridgehead atoms. The van der Waals surface area contributed by atoms with Crippen LogP contribution in [0.15, 0.2) is 47.4 Å². The molecule has 0 radical (unpaired) electrons. The smallest absolute Gasteiger partial charge is 0.416 e. The number of thiazole rings is 1. The summed E-state index contributed by atoms with van der Waals surface area (Å²) >= 11 is 1.26. The number of sulfonamides is 1. The topological polar surface area (TPSA) is 96.8 Å². The number of aliphatic carboxylic acids is 1. The number of aryl methyl sites for hydroxylation is 1. The molecule has 36 heavy (non-hydrogen) atoms. The molecule has 0 atom stereocenters. The number of fused-ring (bicyclic) bond motifs is 1. The Morgan fingerprint density at radius 1 is 1.14 bits per heavy atom. The third kappa shape index (κ3) is 5.11. The Labute approximate surface area is 210 Å². The van der Waals surface area contributed by atoms with Crippen molar-refractivity contribution in [1.82, 2.24) is 9.29 Å². The number of halogens is 3. The highest BCUT2D eigenvalue weighted by atomic mass is 32.2. The zero-order chi connectivity index (χ0) is 26.5. The Morgan fingerprint density at radius 3 is 2.39 bits per heavy atom. The molecule has 0 saturated heterocycles. The van der Waals surface area contributed by atoms with Gasteiger partial charge in [-0.1, -0.05) is 12.1 Å². The zero-order valence-corrected chi connectivity index (χ0v) is 21.2. The maximum Gasteiger partial charge on any atom is 0.416 e. The molecule has 1 aromatic heterocycles. The van der Waals surface area contributed by atoms with Gasteiger partial charge in [-0.15, -0.1) is 11.3 Å². The van der Waals surface area contributed by atoms with Gasteiger partial charge in [0.2, 0.25) is 10.0 Å². The van der Waals surface area contributed by atoms with Gasteiger partial charge in [0.05, 0.1) is 22.7 Å². The lowest BCUT2D eigenvalue weighted by Gasteiger charge is -2.26. The van der Waals surface area contributed by atoms with E-state index in [4.69, 9.17) is 4.74 Å². The van der Waals surface area contributed by atoms with Crippen molar-refractivity contribution in [2.45, 2.75) is 50.4 Å². The lowest BCUT2D eigenvalue weighted by atomic mass is 10.1. The van der Waals surface area contributed by atoms with Crippen LogP contribution in [0.5, 0.6) is 5.75 Å². The van der Waals surface area contributed by atoms with Crippen LogP contribution >= 0.6 is 11.3 Å². The van der Waals surface area contributed by atoms with Crippen LogP contribution in [0.4, 0.5) is 13.2 Å². The van der Waals surface area contributed by atoms with Crippen LogP contribution in [-0.4, -0.2) is 40.9 Å². The number of nitrogens with zero attached hydrogens (tertiary/aromatic N) is 2. The van der Waals surface area contributed by atoms with E-state index < -0.39 is 33.3 Å². The van der Waals surface area contributed by atoms with E-state index in [0.717, 1.165) is 22.7 Å². The van der Waals surface area contributed by atoms with Crippen LogP contribution in [0, 0.1) is 6.92 Å². The summed E-state index contributed by atoms with van der Waals surface area (Å²) < 4.78 is 72.1. The number of carbonyl (C=O) groups is 1. The quantitative estimate of drug-likeness (QED) is 0.466. The van der Waals surface area contributed by atoms with Crippen molar-refractivity contribution in [2.75, 3.05) is 6.54 Å². The molecule has 1 N–H and O–H groups in total. The molecule has 1 aliphatic rings.